The van der Waals surface area contributed by atoms with Crippen molar-refractivity contribution in [3.63, 3.8) is 0 Å². The molecule has 0 aliphatic carbocycles. The van der Waals surface area contributed by atoms with E-state index in [1.54, 1.807) is 12.1 Å². The molecule has 0 radical (unpaired) electrons. The third-order valence-electron chi connectivity index (χ3n) is 3.62. The van der Waals surface area contributed by atoms with Gasteiger partial charge in [-0.2, -0.15) is 5.26 Å². The number of hydrogen-bond acceptors (Lipinski definition) is 6. The second kappa shape index (κ2) is 6.53. The second-order valence-corrected chi connectivity index (χ2v) is 5.40. The van der Waals surface area contributed by atoms with Crippen LogP contribution in [0.15, 0.2) is 24.3 Å². The Hall–Kier alpha value is -2.81. The van der Waals surface area contributed by atoms with Gasteiger partial charge in [0.2, 0.25) is 0 Å². The van der Waals surface area contributed by atoms with Gasteiger partial charge in [-0.3, -0.25) is 0 Å². The molecule has 0 saturated carbocycles. The van der Waals surface area contributed by atoms with Crippen LogP contribution >= 0.6 is 0 Å². The van der Waals surface area contributed by atoms with Crippen LogP contribution in [0.3, 0.4) is 0 Å². The molecule has 118 valence electrons. The van der Waals surface area contributed by atoms with Gasteiger partial charge in [-0.05, 0) is 38.1 Å². The lowest BCUT2D eigenvalue weighted by atomic mass is 10.1. The fourth-order valence-electron chi connectivity index (χ4n) is 2.58. The van der Waals surface area contributed by atoms with Gasteiger partial charge in [0.05, 0.1) is 6.61 Å². The number of nitrogens with one attached hydrogen (secondary N) is 1. The van der Waals surface area contributed by atoms with E-state index >= 15 is 0 Å². The second-order valence-electron chi connectivity index (χ2n) is 5.40. The van der Waals surface area contributed by atoms with Crippen LogP contribution in [0.25, 0.3) is 0 Å². The van der Waals surface area contributed by atoms with Crippen molar-refractivity contribution in [1.82, 2.24) is 10.2 Å². The molecule has 1 aromatic carbocycles. The Morgan fingerprint density at radius 1 is 1.39 bits per heavy atom. The molecule has 0 saturated heterocycles. The fourth-order valence-corrected chi connectivity index (χ4v) is 2.58. The van der Waals surface area contributed by atoms with Crippen molar-refractivity contribution in [2.45, 2.75) is 32.9 Å². The molecular weight excluding hydrogens is 292 g/mol. The number of nitrogens with zero attached hydrogens (tertiary/aromatic N) is 3. The first-order valence-corrected chi connectivity index (χ1v) is 7.62. The molecule has 1 aliphatic heterocycles. The molecule has 1 unspecified atom stereocenters. The van der Waals surface area contributed by atoms with E-state index < -0.39 is 0 Å². The number of hydrogen-bond donors (Lipinski definition) is 1. The molecule has 0 spiro atoms. The van der Waals surface area contributed by atoms with Gasteiger partial charge in [0.1, 0.15) is 29.5 Å². The highest BCUT2D eigenvalue weighted by molar-refractivity contribution is 5.50. The van der Waals surface area contributed by atoms with Crippen LogP contribution < -0.4 is 14.8 Å². The van der Waals surface area contributed by atoms with Crippen molar-refractivity contribution < 1.29 is 9.47 Å². The molecule has 23 heavy (non-hydrogen) atoms. The summed E-state index contributed by atoms with van der Waals surface area (Å²) in [7, 11) is 0. The normalized spacial score (nSPS) is 15.4. The van der Waals surface area contributed by atoms with Gasteiger partial charge in [0.25, 0.3) is 0 Å². The van der Waals surface area contributed by atoms with Gasteiger partial charge in [-0.25, -0.2) is 0 Å². The van der Waals surface area contributed by atoms with Gasteiger partial charge in [-0.1, -0.05) is 0 Å². The van der Waals surface area contributed by atoms with E-state index in [4.69, 9.17) is 14.7 Å². The SMILES string of the molecule is CCOc1cc2c(cc1CNc1ccc(C#N)nn1)OC(C)C2. The van der Waals surface area contributed by atoms with Crippen molar-refractivity contribution in [2.24, 2.45) is 0 Å². The predicted molar refractivity (Wildman–Crippen MR) is 85.5 cm³/mol. The minimum absolute atomic E-state index is 0.201. The number of anilines is 1. The molecule has 3 rings (SSSR count). The highest BCUT2D eigenvalue weighted by Crippen LogP contribution is 2.35. The van der Waals surface area contributed by atoms with Crippen LogP contribution in [-0.4, -0.2) is 22.9 Å². The van der Waals surface area contributed by atoms with E-state index in [0.717, 1.165) is 23.5 Å². The van der Waals surface area contributed by atoms with E-state index in [1.807, 2.05) is 19.1 Å². The van der Waals surface area contributed by atoms with Crippen molar-refractivity contribution in [2.75, 3.05) is 11.9 Å². The van der Waals surface area contributed by atoms with Crippen molar-refractivity contribution >= 4 is 5.82 Å². The molecule has 0 amide bonds. The lowest BCUT2D eigenvalue weighted by Gasteiger charge is -2.13. The molecule has 1 atom stereocenters. The number of benzene rings is 1. The zero-order chi connectivity index (χ0) is 16.2. The van der Waals surface area contributed by atoms with Crippen LogP contribution in [0.1, 0.15) is 30.7 Å². The topological polar surface area (TPSA) is 80.1 Å². The smallest absolute Gasteiger partial charge is 0.163 e. The number of aromatic nitrogens is 2. The number of ether oxygens (including phenoxy) is 2. The van der Waals surface area contributed by atoms with Crippen molar-refractivity contribution in [3.05, 3.63) is 41.1 Å². The molecule has 1 aliphatic rings. The Morgan fingerprint density at radius 3 is 2.96 bits per heavy atom. The lowest BCUT2D eigenvalue weighted by molar-refractivity contribution is 0.254. The zero-order valence-electron chi connectivity index (χ0n) is 13.2. The van der Waals surface area contributed by atoms with Crippen LogP contribution in [-0.2, 0) is 13.0 Å². The van der Waals surface area contributed by atoms with Crippen LogP contribution in [0.4, 0.5) is 5.82 Å². The first kappa shape index (κ1) is 15.1. The first-order chi connectivity index (χ1) is 11.2. The summed E-state index contributed by atoms with van der Waals surface area (Å²) in [4.78, 5) is 0. The number of fused-ring (bicyclic) bond motifs is 1. The molecule has 0 fully saturated rings. The van der Waals surface area contributed by atoms with Crippen LogP contribution in [0.2, 0.25) is 0 Å². The summed E-state index contributed by atoms with van der Waals surface area (Å²) in [5.74, 6) is 2.39. The summed E-state index contributed by atoms with van der Waals surface area (Å²) in [5, 5.41) is 19.7. The monoisotopic (exact) mass is 310 g/mol. The Balaban J connectivity index is 1.78. The summed E-state index contributed by atoms with van der Waals surface area (Å²) in [6.45, 7) is 5.18. The molecule has 6 nitrogen and oxygen atoms in total. The van der Waals surface area contributed by atoms with Gasteiger partial charge in [0.15, 0.2) is 5.69 Å². The standard InChI is InChI=1S/C17H18N4O2/c1-3-22-15-7-12-6-11(2)23-16(12)8-13(15)10-19-17-5-4-14(9-18)20-21-17/h4-5,7-8,11H,3,6,10H2,1-2H3,(H,19,21). The highest BCUT2D eigenvalue weighted by Gasteiger charge is 2.21. The quantitative estimate of drug-likeness (QED) is 0.914. The van der Waals surface area contributed by atoms with E-state index in [1.165, 1.54) is 5.56 Å². The van der Waals surface area contributed by atoms with Gasteiger partial charge >= 0.3 is 0 Å². The number of nitriles is 1. The maximum Gasteiger partial charge on any atom is 0.163 e. The molecule has 0 bridgehead atoms. The Bertz CT molecular complexity index is 737. The van der Waals surface area contributed by atoms with Gasteiger partial charge in [0, 0.05) is 24.1 Å². The minimum Gasteiger partial charge on any atom is -0.494 e. The Kier molecular flexibility index (Phi) is 4.29. The zero-order valence-corrected chi connectivity index (χ0v) is 13.2. The van der Waals surface area contributed by atoms with E-state index in [9.17, 15) is 0 Å². The summed E-state index contributed by atoms with van der Waals surface area (Å²) in [6.07, 6.45) is 1.11. The predicted octanol–water partition coefficient (Wildman–Crippen LogP) is 2.68. The lowest BCUT2D eigenvalue weighted by Crippen LogP contribution is -2.06. The summed E-state index contributed by atoms with van der Waals surface area (Å²) < 4.78 is 11.6. The third kappa shape index (κ3) is 3.34. The summed E-state index contributed by atoms with van der Waals surface area (Å²) in [6, 6.07) is 9.39. The summed E-state index contributed by atoms with van der Waals surface area (Å²) >= 11 is 0. The molecular formula is C17H18N4O2. The summed E-state index contributed by atoms with van der Waals surface area (Å²) in [5.41, 5.74) is 2.49. The van der Waals surface area contributed by atoms with E-state index in [0.29, 0.717) is 24.7 Å². The highest BCUT2D eigenvalue weighted by atomic mass is 16.5. The van der Waals surface area contributed by atoms with Crippen molar-refractivity contribution in [1.29, 1.82) is 5.26 Å². The van der Waals surface area contributed by atoms with E-state index in [2.05, 4.69) is 28.5 Å². The largest absolute Gasteiger partial charge is 0.494 e. The molecule has 1 aromatic heterocycles. The maximum atomic E-state index is 8.74. The fraction of sp³-hybridized carbons (Fsp3) is 0.353. The average molecular weight is 310 g/mol. The molecule has 6 heteroatoms. The first-order valence-electron chi connectivity index (χ1n) is 7.62. The van der Waals surface area contributed by atoms with Crippen molar-refractivity contribution in [3.8, 4) is 17.6 Å². The van der Waals surface area contributed by atoms with Crippen LogP contribution in [0.5, 0.6) is 11.5 Å². The molecule has 2 heterocycles. The minimum atomic E-state index is 0.201. The molecule has 1 N–H and O–H groups in total. The third-order valence-corrected chi connectivity index (χ3v) is 3.62. The number of rotatable bonds is 5. The van der Waals surface area contributed by atoms with Crippen LogP contribution in [0, 0.1) is 11.3 Å². The maximum absolute atomic E-state index is 8.74. The molecule has 2 aromatic rings. The average Bonchev–Trinajstić information content (AvgIpc) is 2.92. The Morgan fingerprint density at radius 2 is 2.26 bits per heavy atom. The van der Waals surface area contributed by atoms with Gasteiger partial charge < -0.3 is 14.8 Å². The van der Waals surface area contributed by atoms with E-state index in [-0.39, 0.29) is 6.10 Å². The van der Waals surface area contributed by atoms with Gasteiger partial charge in [-0.15, -0.1) is 10.2 Å². The Labute approximate surface area is 135 Å².